The Kier molecular flexibility index (Phi) is 8.46. The molecule has 24 heavy (non-hydrogen) atoms. The van der Waals surface area contributed by atoms with Crippen LogP contribution in [0.4, 0.5) is 9.59 Å². The molecule has 0 bridgehead atoms. The number of ether oxygens (including phenoxy) is 2. The van der Waals surface area contributed by atoms with Gasteiger partial charge in [-0.2, -0.15) is 12.6 Å². The lowest BCUT2D eigenvalue weighted by Gasteiger charge is -2.25. The Hall–Kier alpha value is -1.89. The van der Waals surface area contributed by atoms with Crippen LogP contribution in [0.15, 0.2) is 37.5 Å². The predicted octanol–water partition coefficient (Wildman–Crippen LogP) is 2.88. The van der Waals surface area contributed by atoms with Crippen LogP contribution in [0.3, 0.4) is 0 Å². The third-order valence-electron chi connectivity index (χ3n) is 3.57. The van der Waals surface area contributed by atoms with E-state index in [4.69, 9.17) is 9.47 Å². The average Bonchev–Trinajstić information content (AvgIpc) is 2.90. The quantitative estimate of drug-likeness (QED) is 0.538. The highest BCUT2D eigenvalue weighted by atomic mass is 32.1. The van der Waals surface area contributed by atoms with Crippen LogP contribution in [-0.2, 0) is 9.47 Å². The molecular formula is C17H26N2O4S. The molecule has 1 rings (SSSR count). The molecule has 2 amide bonds. The maximum absolute atomic E-state index is 12.1. The van der Waals surface area contributed by atoms with Crippen LogP contribution in [0.2, 0.25) is 0 Å². The van der Waals surface area contributed by atoms with Gasteiger partial charge in [0.1, 0.15) is 13.2 Å². The van der Waals surface area contributed by atoms with Gasteiger partial charge in [-0.3, -0.25) is 0 Å². The minimum atomic E-state index is -0.434. The highest BCUT2D eigenvalue weighted by molar-refractivity contribution is 7.81. The van der Waals surface area contributed by atoms with E-state index in [9.17, 15) is 9.59 Å². The van der Waals surface area contributed by atoms with Crippen molar-refractivity contribution < 1.29 is 19.1 Å². The average molecular weight is 354 g/mol. The van der Waals surface area contributed by atoms with Crippen LogP contribution in [0.25, 0.3) is 0 Å². The molecule has 0 aromatic rings. The monoisotopic (exact) mass is 354 g/mol. The van der Waals surface area contributed by atoms with Gasteiger partial charge in [0.05, 0.1) is 0 Å². The minimum absolute atomic E-state index is 0.0325. The molecule has 0 aromatic heterocycles. The standard InChI is InChI=1S/C17H26N2O4S/c1-5-7-22-16(20)18(4)11-13(3)9-14-10-15(24)12-19(14)17(21)23-8-6-2/h5-6,14-15,24H,1-3,7-12H2,4H3/t14-,15-/m0/s1. The second-order valence-corrected chi connectivity index (χ2v) is 6.47. The number of carbonyl (C=O) groups is 2. The molecule has 0 radical (unpaired) electrons. The molecule has 7 heteroatoms. The normalized spacial score (nSPS) is 19.5. The van der Waals surface area contributed by atoms with Crippen LogP contribution in [0.1, 0.15) is 12.8 Å². The summed E-state index contributed by atoms with van der Waals surface area (Å²) in [5.41, 5.74) is 0.835. The summed E-state index contributed by atoms with van der Waals surface area (Å²) in [4.78, 5) is 26.9. The summed E-state index contributed by atoms with van der Waals surface area (Å²) in [6, 6.07) is -0.0325. The Bertz CT molecular complexity index is 495. The topological polar surface area (TPSA) is 59.1 Å². The van der Waals surface area contributed by atoms with E-state index in [1.54, 1.807) is 11.9 Å². The van der Waals surface area contributed by atoms with Gasteiger partial charge in [-0.15, -0.1) is 0 Å². The van der Waals surface area contributed by atoms with Crippen molar-refractivity contribution in [3.8, 4) is 0 Å². The molecule has 1 heterocycles. The zero-order valence-electron chi connectivity index (χ0n) is 14.1. The van der Waals surface area contributed by atoms with Crippen molar-refractivity contribution in [2.24, 2.45) is 0 Å². The van der Waals surface area contributed by atoms with Gasteiger partial charge >= 0.3 is 12.2 Å². The van der Waals surface area contributed by atoms with E-state index in [0.29, 0.717) is 19.5 Å². The van der Waals surface area contributed by atoms with Gasteiger partial charge in [-0.1, -0.05) is 37.5 Å². The van der Waals surface area contributed by atoms with Crippen molar-refractivity contribution in [3.63, 3.8) is 0 Å². The minimum Gasteiger partial charge on any atom is -0.445 e. The summed E-state index contributed by atoms with van der Waals surface area (Å²) >= 11 is 4.47. The van der Waals surface area contributed by atoms with E-state index in [-0.39, 0.29) is 30.6 Å². The maximum atomic E-state index is 12.1. The largest absolute Gasteiger partial charge is 0.445 e. The Morgan fingerprint density at radius 3 is 2.54 bits per heavy atom. The predicted molar refractivity (Wildman–Crippen MR) is 97.4 cm³/mol. The second-order valence-electron chi connectivity index (χ2n) is 5.74. The van der Waals surface area contributed by atoms with Gasteiger partial charge in [0.15, 0.2) is 0 Å². The fraction of sp³-hybridized carbons (Fsp3) is 0.529. The summed E-state index contributed by atoms with van der Waals surface area (Å²) in [7, 11) is 1.64. The fourth-order valence-corrected chi connectivity index (χ4v) is 2.98. The number of rotatable bonds is 8. The van der Waals surface area contributed by atoms with Crippen LogP contribution in [0.5, 0.6) is 0 Å². The first-order chi connectivity index (χ1) is 11.4. The van der Waals surface area contributed by atoms with E-state index in [1.165, 1.54) is 17.1 Å². The molecule has 2 atom stereocenters. The number of likely N-dealkylation sites (tertiary alicyclic amines) is 1. The number of amides is 2. The van der Waals surface area contributed by atoms with Gasteiger partial charge in [0, 0.05) is 31.4 Å². The van der Waals surface area contributed by atoms with Crippen molar-refractivity contribution in [3.05, 3.63) is 37.5 Å². The molecule has 0 aromatic carbocycles. The van der Waals surface area contributed by atoms with E-state index in [1.807, 2.05) is 0 Å². The third-order valence-corrected chi connectivity index (χ3v) is 3.95. The lowest BCUT2D eigenvalue weighted by molar-refractivity contribution is 0.107. The van der Waals surface area contributed by atoms with Gasteiger partial charge in [-0.25, -0.2) is 9.59 Å². The van der Waals surface area contributed by atoms with E-state index < -0.39 is 6.09 Å². The molecule has 0 unspecified atom stereocenters. The zero-order chi connectivity index (χ0) is 18.1. The van der Waals surface area contributed by atoms with Crippen molar-refractivity contribution in [1.29, 1.82) is 0 Å². The first-order valence-corrected chi connectivity index (χ1v) is 8.28. The Morgan fingerprint density at radius 2 is 1.92 bits per heavy atom. The number of hydrogen-bond donors (Lipinski definition) is 1. The molecule has 134 valence electrons. The van der Waals surface area contributed by atoms with Crippen molar-refractivity contribution in [1.82, 2.24) is 9.80 Å². The van der Waals surface area contributed by atoms with E-state index in [2.05, 4.69) is 32.4 Å². The Labute approximate surface area is 149 Å². The Morgan fingerprint density at radius 1 is 1.29 bits per heavy atom. The molecule has 0 N–H and O–H groups in total. The second kappa shape index (κ2) is 10.1. The molecule has 1 aliphatic heterocycles. The fourth-order valence-electron chi connectivity index (χ4n) is 2.56. The first kappa shape index (κ1) is 20.2. The molecule has 1 fully saturated rings. The third kappa shape index (κ3) is 6.31. The molecule has 0 saturated carbocycles. The first-order valence-electron chi connectivity index (χ1n) is 7.76. The van der Waals surface area contributed by atoms with Gasteiger partial charge in [0.25, 0.3) is 0 Å². The summed E-state index contributed by atoms with van der Waals surface area (Å²) in [5, 5.41) is 0.106. The van der Waals surface area contributed by atoms with Crippen molar-refractivity contribution in [2.45, 2.75) is 24.1 Å². The molecule has 0 aliphatic carbocycles. The molecule has 1 saturated heterocycles. The van der Waals surface area contributed by atoms with Crippen molar-refractivity contribution >= 4 is 24.8 Å². The summed E-state index contributed by atoms with van der Waals surface area (Å²) < 4.78 is 10.1. The van der Waals surface area contributed by atoms with Gasteiger partial charge in [0.2, 0.25) is 0 Å². The molecule has 6 nitrogen and oxygen atoms in total. The number of likely N-dealkylation sites (N-methyl/N-ethyl adjacent to an activating group) is 1. The van der Waals surface area contributed by atoms with Crippen LogP contribution in [0, 0.1) is 0 Å². The number of carbonyl (C=O) groups excluding carboxylic acids is 2. The highest BCUT2D eigenvalue weighted by Gasteiger charge is 2.34. The number of nitrogens with zero attached hydrogens (tertiary/aromatic N) is 2. The SMILES string of the molecule is C=CCOC(=O)N(C)CC(=C)C[C@H]1C[C@H](S)CN1C(=O)OCC=C. The molecule has 1 aliphatic rings. The molecular weight excluding hydrogens is 328 g/mol. The van der Waals surface area contributed by atoms with Crippen molar-refractivity contribution in [2.75, 3.05) is 33.4 Å². The lowest BCUT2D eigenvalue weighted by Crippen LogP contribution is -2.37. The van der Waals surface area contributed by atoms with Crippen LogP contribution in [-0.4, -0.2) is 66.6 Å². The summed E-state index contributed by atoms with van der Waals surface area (Å²) in [6.45, 7) is 12.3. The zero-order valence-corrected chi connectivity index (χ0v) is 15.0. The van der Waals surface area contributed by atoms with Gasteiger partial charge < -0.3 is 19.3 Å². The van der Waals surface area contributed by atoms with Crippen LogP contribution < -0.4 is 0 Å². The maximum Gasteiger partial charge on any atom is 0.410 e. The summed E-state index contributed by atoms with van der Waals surface area (Å²) in [5.74, 6) is 0. The highest BCUT2D eigenvalue weighted by Crippen LogP contribution is 2.27. The van der Waals surface area contributed by atoms with E-state index >= 15 is 0 Å². The van der Waals surface area contributed by atoms with Gasteiger partial charge in [-0.05, 0) is 12.8 Å². The smallest absolute Gasteiger partial charge is 0.410 e. The number of hydrogen-bond acceptors (Lipinski definition) is 5. The summed E-state index contributed by atoms with van der Waals surface area (Å²) in [6.07, 6.45) is 3.58. The lowest BCUT2D eigenvalue weighted by atomic mass is 10.1. The number of thiol groups is 1. The van der Waals surface area contributed by atoms with Crippen LogP contribution >= 0.6 is 12.6 Å². The Balaban J connectivity index is 2.54. The van der Waals surface area contributed by atoms with E-state index in [0.717, 1.165) is 12.0 Å². The molecule has 0 spiro atoms.